The van der Waals surface area contributed by atoms with Gasteiger partial charge in [0.1, 0.15) is 0 Å². The maximum absolute atomic E-state index is 5.89. The molecule has 0 amide bonds. The fourth-order valence-corrected chi connectivity index (χ4v) is 1.75. The Labute approximate surface area is 77.1 Å². The van der Waals surface area contributed by atoms with E-state index in [1.807, 2.05) is 19.2 Å². The van der Waals surface area contributed by atoms with Gasteiger partial charge in [-0.2, -0.15) is 0 Å². The van der Waals surface area contributed by atoms with Gasteiger partial charge < -0.3 is 5.01 Å². The molecule has 64 valence electrons. The van der Waals surface area contributed by atoms with Crippen LogP contribution in [0.1, 0.15) is 5.56 Å². The molecule has 1 aliphatic rings. The first-order valence-electron chi connectivity index (χ1n) is 4.04. The van der Waals surface area contributed by atoms with Crippen molar-refractivity contribution >= 4 is 17.3 Å². The maximum atomic E-state index is 5.89. The number of hydrogen-bond donors (Lipinski definition) is 1. The number of rotatable bonds is 1. The molecule has 0 unspecified atom stereocenters. The van der Waals surface area contributed by atoms with Crippen molar-refractivity contribution in [2.75, 3.05) is 18.6 Å². The largest absolute Gasteiger partial charge is 0.308 e. The highest BCUT2D eigenvalue weighted by molar-refractivity contribution is 6.30. The van der Waals surface area contributed by atoms with Gasteiger partial charge in [-0.1, -0.05) is 17.7 Å². The molecule has 1 aromatic carbocycles. The van der Waals surface area contributed by atoms with Crippen LogP contribution in [0.3, 0.4) is 0 Å². The smallest absolute Gasteiger partial charge is 0.0567 e. The molecule has 2 nitrogen and oxygen atoms in total. The summed E-state index contributed by atoms with van der Waals surface area (Å²) in [5.74, 6) is 0. The first kappa shape index (κ1) is 7.90. The lowest BCUT2D eigenvalue weighted by atomic mass is 10.2. The van der Waals surface area contributed by atoms with Crippen LogP contribution >= 0.6 is 11.6 Å². The molecule has 0 spiro atoms. The third-order valence-corrected chi connectivity index (χ3v) is 2.45. The average molecular weight is 183 g/mol. The second-order valence-corrected chi connectivity index (χ2v) is 3.33. The van der Waals surface area contributed by atoms with Crippen molar-refractivity contribution in [3.8, 4) is 0 Å². The monoisotopic (exact) mass is 182 g/mol. The number of anilines is 1. The molecule has 1 N–H and O–H groups in total. The first-order chi connectivity index (χ1) is 5.81. The number of hydrogen-bond acceptors (Lipinski definition) is 2. The number of benzene rings is 1. The standard InChI is InChI=1S/C9H11ClN2/c1-11-12-5-4-7-2-3-8(10)6-9(7)12/h2-3,6,11H,4-5H2,1H3. The summed E-state index contributed by atoms with van der Waals surface area (Å²) in [7, 11) is 1.93. The Morgan fingerprint density at radius 1 is 1.50 bits per heavy atom. The van der Waals surface area contributed by atoms with Gasteiger partial charge in [-0.05, 0) is 24.1 Å². The summed E-state index contributed by atoms with van der Waals surface area (Å²) in [5.41, 5.74) is 5.70. The minimum absolute atomic E-state index is 0.802. The van der Waals surface area contributed by atoms with E-state index >= 15 is 0 Å². The molecular weight excluding hydrogens is 172 g/mol. The molecule has 12 heavy (non-hydrogen) atoms. The number of nitrogens with one attached hydrogen (secondary N) is 1. The molecule has 1 aliphatic heterocycles. The highest BCUT2D eigenvalue weighted by atomic mass is 35.5. The SMILES string of the molecule is CNN1CCc2ccc(Cl)cc21. The third-order valence-electron chi connectivity index (χ3n) is 2.21. The lowest BCUT2D eigenvalue weighted by Crippen LogP contribution is -2.32. The van der Waals surface area contributed by atoms with Crippen molar-refractivity contribution in [2.24, 2.45) is 0 Å². The van der Waals surface area contributed by atoms with Crippen LogP contribution in [0, 0.1) is 0 Å². The van der Waals surface area contributed by atoms with E-state index in [-0.39, 0.29) is 0 Å². The zero-order valence-electron chi connectivity index (χ0n) is 6.97. The van der Waals surface area contributed by atoms with Crippen LogP contribution in [0.15, 0.2) is 18.2 Å². The Hall–Kier alpha value is -0.730. The first-order valence-corrected chi connectivity index (χ1v) is 4.42. The predicted octanol–water partition coefficient (Wildman–Crippen LogP) is 1.84. The lowest BCUT2D eigenvalue weighted by Gasteiger charge is -2.17. The van der Waals surface area contributed by atoms with Crippen LogP contribution in [0.25, 0.3) is 0 Å². The minimum atomic E-state index is 0.802. The van der Waals surface area contributed by atoms with Gasteiger partial charge in [0.05, 0.1) is 5.69 Å². The summed E-state index contributed by atoms with van der Waals surface area (Å²) in [6.07, 6.45) is 1.10. The minimum Gasteiger partial charge on any atom is -0.308 e. The Balaban J connectivity index is 2.42. The summed E-state index contributed by atoms with van der Waals surface area (Å²) in [4.78, 5) is 0. The molecule has 0 saturated carbocycles. The van der Waals surface area contributed by atoms with E-state index in [0.717, 1.165) is 18.0 Å². The normalized spacial score (nSPS) is 15.0. The van der Waals surface area contributed by atoms with Crippen LogP contribution in [0.2, 0.25) is 5.02 Å². The Morgan fingerprint density at radius 2 is 2.33 bits per heavy atom. The summed E-state index contributed by atoms with van der Waals surface area (Å²) in [6, 6.07) is 6.04. The zero-order valence-corrected chi connectivity index (χ0v) is 7.73. The lowest BCUT2D eigenvalue weighted by molar-refractivity contribution is 0.734. The summed E-state index contributed by atoms with van der Waals surface area (Å²) < 4.78 is 0. The van der Waals surface area contributed by atoms with Gasteiger partial charge in [-0.15, -0.1) is 0 Å². The fraction of sp³-hybridized carbons (Fsp3) is 0.333. The van der Waals surface area contributed by atoms with E-state index in [2.05, 4.69) is 16.5 Å². The van der Waals surface area contributed by atoms with Crippen molar-refractivity contribution < 1.29 is 0 Å². The van der Waals surface area contributed by atoms with E-state index in [0.29, 0.717) is 0 Å². The van der Waals surface area contributed by atoms with Crippen molar-refractivity contribution in [1.29, 1.82) is 0 Å². The van der Waals surface area contributed by atoms with Gasteiger partial charge in [0.15, 0.2) is 0 Å². The van der Waals surface area contributed by atoms with E-state index in [1.54, 1.807) is 0 Å². The van der Waals surface area contributed by atoms with Crippen LogP contribution in [-0.4, -0.2) is 13.6 Å². The Morgan fingerprint density at radius 3 is 3.08 bits per heavy atom. The van der Waals surface area contributed by atoms with Gasteiger partial charge in [-0.3, -0.25) is 0 Å². The average Bonchev–Trinajstić information content (AvgIpc) is 2.46. The number of fused-ring (bicyclic) bond motifs is 1. The molecule has 1 heterocycles. The zero-order chi connectivity index (χ0) is 8.55. The molecule has 0 aliphatic carbocycles. The van der Waals surface area contributed by atoms with Crippen LogP contribution in [0.5, 0.6) is 0 Å². The second-order valence-electron chi connectivity index (χ2n) is 2.90. The highest BCUT2D eigenvalue weighted by Gasteiger charge is 2.17. The summed E-state index contributed by atoms with van der Waals surface area (Å²) in [6.45, 7) is 1.03. The predicted molar refractivity (Wildman–Crippen MR) is 51.6 cm³/mol. The second kappa shape index (κ2) is 2.96. The molecule has 0 fully saturated rings. The number of halogens is 1. The van der Waals surface area contributed by atoms with Crippen molar-refractivity contribution in [3.63, 3.8) is 0 Å². The molecule has 0 radical (unpaired) electrons. The van der Waals surface area contributed by atoms with E-state index in [4.69, 9.17) is 11.6 Å². The molecule has 1 aromatic rings. The summed E-state index contributed by atoms with van der Waals surface area (Å²) in [5, 5.41) is 2.91. The van der Waals surface area contributed by atoms with E-state index in [1.165, 1.54) is 11.3 Å². The highest BCUT2D eigenvalue weighted by Crippen LogP contribution is 2.28. The topological polar surface area (TPSA) is 15.3 Å². The van der Waals surface area contributed by atoms with Gasteiger partial charge in [0.2, 0.25) is 0 Å². The molecule has 0 atom stereocenters. The number of hydrazine groups is 1. The molecule has 2 rings (SSSR count). The van der Waals surface area contributed by atoms with Crippen molar-refractivity contribution in [2.45, 2.75) is 6.42 Å². The van der Waals surface area contributed by atoms with Crippen molar-refractivity contribution in [3.05, 3.63) is 28.8 Å². The van der Waals surface area contributed by atoms with Crippen LogP contribution in [-0.2, 0) is 6.42 Å². The third kappa shape index (κ3) is 1.17. The van der Waals surface area contributed by atoms with E-state index in [9.17, 15) is 0 Å². The van der Waals surface area contributed by atoms with Gasteiger partial charge in [0, 0.05) is 18.6 Å². The van der Waals surface area contributed by atoms with Crippen LogP contribution in [0.4, 0.5) is 5.69 Å². The molecule has 3 heteroatoms. The summed E-state index contributed by atoms with van der Waals surface area (Å²) >= 11 is 5.89. The maximum Gasteiger partial charge on any atom is 0.0567 e. The van der Waals surface area contributed by atoms with E-state index < -0.39 is 0 Å². The van der Waals surface area contributed by atoms with Gasteiger partial charge >= 0.3 is 0 Å². The van der Waals surface area contributed by atoms with Gasteiger partial charge in [0.25, 0.3) is 0 Å². The quantitative estimate of drug-likeness (QED) is 0.713. The van der Waals surface area contributed by atoms with Crippen LogP contribution < -0.4 is 10.4 Å². The van der Waals surface area contributed by atoms with Gasteiger partial charge in [-0.25, -0.2) is 5.43 Å². The molecule has 0 bridgehead atoms. The van der Waals surface area contributed by atoms with Crippen molar-refractivity contribution in [1.82, 2.24) is 5.43 Å². The fourth-order valence-electron chi connectivity index (χ4n) is 1.58. The molecule has 0 aromatic heterocycles. The Kier molecular flexibility index (Phi) is 1.95. The Bertz CT molecular complexity index is 299. The molecule has 0 saturated heterocycles. The number of nitrogens with zero attached hydrogens (tertiary/aromatic N) is 1. The molecular formula is C9H11ClN2.